The lowest BCUT2D eigenvalue weighted by Gasteiger charge is -1.98. The van der Waals surface area contributed by atoms with E-state index in [0.717, 1.165) is 10.9 Å². The Morgan fingerprint density at radius 2 is 1.75 bits per heavy atom. The maximum Gasteiger partial charge on any atom is 0.246 e. The summed E-state index contributed by atoms with van der Waals surface area (Å²) in [7, 11) is 0. The van der Waals surface area contributed by atoms with E-state index in [9.17, 15) is 5.11 Å². The molecule has 0 radical (unpaired) electrons. The van der Waals surface area contributed by atoms with E-state index in [1.165, 1.54) is 0 Å². The van der Waals surface area contributed by atoms with Gasteiger partial charge in [0.05, 0.1) is 5.52 Å². The van der Waals surface area contributed by atoms with Crippen molar-refractivity contribution in [2.24, 2.45) is 0 Å². The Morgan fingerprint density at radius 1 is 0.850 bits per heavy atom. The number of nitrogens with zero attached hydrogens (tertiary/aromatic N) is 2. The van der Waals surface area contributed by atoms with E-state index >= 15 is 0 Å². The van der Waals surface area contributed by atoms with Crippen molar-refractivity contribution in [3.8, 4) is 17.3 Å². The molecule has 0 unspecified atom stereocenters. The number of phenolic OH excluding ortho intramolecular Hbond substituents is 1. The molecule has 0 saturated heterocycles. The van der Waals surface area contributed by atoms with Crippen LogP contribution in [0.15, 0.2) is 59.0 Å². The minimum Gasteiger partial charge on any atom is -0.508 e. The summed E-state index contributed by atoms with van der Waals surface area (Å²) < 4.78 is 5.65. The van der Waals surface area contributed by atoms with Gasteiger partial charge >= 0.3 is 0 Å². The summed E-state index contributed by atoms with van der Waals surface area (Å²) in [4.78, 5) is 8.94. The minimum absolute atomic E-state index is 0.159. The topological polar surface area (TPSA) is 59.2 Å². The van der Waals surface area contributed by atoms with Crippen LogP contribution in [0.5, 0.6) is 5.75 Å². The van der Waals surface area contributed by atoms with E-state index in [0.29, 0.717) is 22.7 Å². The number of hydrogen-bond donors (Lipinski definition) is 1. The number of hydrogen-bond acceptors (Lipinski definition) is 4. The third-order valence-electron chi connectivity index (χ3n) is 3.19. The summed E-state index contributed by atoms with van der Waals surface area (Å²) in [6, 6.07) is 16.6. The maximum absolute atomic E-state index is 9.45. The van der Waals surface area contributed by atoms with E-state index in [-0.39, 0.29) is 5.75 Å². The molecule has 0 saturated carbocycles. The van der Waals surface area contributed by atoms with Gasteiger partial charge in [0, 0.05) is 11.5 Å². The lowest BCUT2D eigenvalue weighted by Crippen LogP contribution is -1.84. The van der Waals surface area contributed by atoms with Crippen LogP contribution < -0.4 is 0 Å². The monoisotopic (exact) mass is 262 g/mol. The highest BCUT2D eigenvalue weighted by Crippen LogP contribution is 2.26. The summed E-state index contributed by atoms with van der Waals surface area (Å²) in [5.41, 5.74) is 2.83. The Morgan fingerprint density at radius 3 is 2.70 bits per heavy atom. The molecule has 0 aliphatic rings. The van der Waals surface area contributed by atoms with Gasteiger partial charge in [0.25, 0.3) is 0 Å². The number of fused-ring (bicyclic) bond motifs is 2. The minimum atomic E-state index is 0.159. The number of para-hydroxylation sites is 1. The summed E-state index contributed by atoms with van der Waals surface area (Å²) in [6.45, 7) is 0. The second-order valence-corrected chi connectivity index (χ2v) is 4.56. The number of rotatable bonds is 1. The molecule has 0 aliphatic heterocycles. The molecule has 0 spiro atoms. The highest BCUT2D eigenvalue weighted by molar-refractivity contribution is 5.82. The Bertz CT molecular complexity index is 928. The van der Waals surface area contributed by atoms with Crippen LogP contribution in [0.25, 0.3) is 33.6 Å². The number of phenols is 1. The third-order valence-corrected chi connectivity index (χ3v) is 3.19. The summed E-state index contributed by atoms with van der Waals surface area (Å²) in [6.07, 6.45) is 0. The van der Waals surface area contributed by atoms with Crippen LogP contribution in [-0.2, 0) is 0 Å². The summed E-state index contributed by atoms with van der Waals surface area (Å²) in [5.74, 6) is 0.614. The third kappa shape index (κ3) is 1.70. The van der Waals surface area contributed by atoms with Gasteiger partial charge in [-0.1, -0.05) is 24.3 Å². The van der Waals surface area contributed by atoms with Gasteiger partial charge in [0.15, 0.2) is 5.58 Å². The molecule has 0 aliphatic carbocycles. The number of aromatic hydroxyl groups is 1. The fraction of sp³-hybridized carbons (Fsp3) is 0. The van der Waals surface area contributed by atoms with Crippen LogP contribution in [0.2, 0.25) is 0 Å². The first-order valence-electron chi connectivity index (χ1n) is 6.25. The average molecular weight is 262 g/mol. The van der Waals surface area contributed by atoms with Crippen molar-refractivity contribution >= 4 is 22.0 Å². The molecular weight excluding hydrogens is 252 g/mol. The zero-order chi connectivity index (χ0) is 13.5. The highest BCUT2D eigenvalue weighted by atomic mass is 16.3. The molecule has 0 amide bonds. The van der Waals surface area contributed by atoms with Crippen molar-refractivity contribution in [2.45, 2.75) is 0 Å². The quantitative estimate of drug-likeness (QED) is 0.567. The van der Waals surface area contributed by atoms with E-state index in [4.69, 9.17) is 4.42 Å². The van der Waals surface area contributed by atoms with Gasteiger partial charge in [-0.25, -0.2) is 9.97 Å². The highest BCUT2D eigenvalue weighted by Gasteiger charge is 2.10. The molecule has 2 heterocycles. The summed E-state index contributed by atoms with van der Waals surface area (Å²) in [5, 5.41) is 10.5. The Hall–Kier alpha value is -2.88. The second-order valence-electron chi connectivity index (χ2n) is 4.56. The molecule has 96 valence electrons. The molecule has 20 heavy (non-hydrogen) atoms. The zero-order valence-corrected chi connectivity index (χ0v) is 10.4. The van der Waals surface area contributed by atoms with Crippen molar-refractivity contribution in [2.75, 3.05) is 0 Å². The maximum atomic E-state index is 9.45. The lowest BCUT2D eigenvalue weighted by molar-refractivity contribution is 0.474. The van der Waals surface area contributed by atoms with Crippen LogP contribution in [0.4, 0.5) is 0 Å². The molecule has 4 nitrogen and oxygen atoms in total. The fourth-order valence-electron chi connectivity index (χ4n) is 2.21. The first-order valence-corrected chi connectivity index (χ1v) is 6.25. The van der Waals surface area contributed by atoms with Gasteiger partial charge in [-0.05, 0) is 24.3 Å². The first-order chi connectivity index (χ1) is 9.79. The van der Waals surface area contributed by atoms with E-state index in [1.807, 2.05) is 36.4 Å². The Kier molecular flexibility index (Phi) is 2.23. The molecule has 0 bridgehead atoms. The van der Waals surface area contributed by atoms with Gasteiger partial charge in [-0.2, -0.15) is 0 Å². The van der Waals surface area contributed by atoms with Crippen LogP contribution in [0, 0.1) is 0 Å². The van der Waals surface area contributed by atoms with Gasteiger partial charge in [-0.3, -0.25) is 0 Å². The average Bonchev–Trinajstić information content (AvgIpc) is 2.89. The van der Waals surface area contributed by atoms with E-state index in [1.54, 1.807) is 18.2 Å². The van der Waals surface area contributed by atoms with Crippen molar-refractivity contribution in [1.82, 2.24) is 9.97 Å². The predicted molar refractivity (Wildman–Crippen MR) is 76.4 cm³/mol. The smallest absolute Gasteiger partial charge is 0.246 e. The first kappa shape index (κ1) is 11.0. The Labute approximate surface area is 114 Å². The number of benzene rings is 2. The van der Waals surface area contributed by atoms with Crippen LogP contribution in [-0.4, -0.2) is 15.1 Å². The normalized spacial score (nSPS) is 11.2. The number of pyridine rings is 1. The Balaban J connectivity index is 1.91. The van der Waals surface area contributed by atoms with Crippen LogP contribution in [0.1, 0.15) is 0 Å². The van der Waals surface area contributed by atoms with Gasteiger partial charge in [-0.15, -0.1) is 0 Å². The lowest BCUT2D eigenvalue weighted by atomic mass is 10.2. The predicted octanol–water partition coefficient (Wildman–Crippen LogP) is 3.75. The van der Waals surface area contributed by atoms with Crippen LogP contribution >= 0.6 is 0 Å². The molecule has 2 aromatic heterocycles. The van der Waals surface area contributed by atoms with Gasteiger partial charge < -0.3 is 9.52 Å². The van der Waals surface area contributed by atoms with Crippen molar-refractivity contribution in [1.29, 1.82) is 0 Å². The molecule has 2 aromatic carbocycles. The van der Waals surface area contributed by atoms with Crippen molar-refractivity contribution in [3.05, 3.63) is 54.6 Å². The van der Waals surface area contributed by atoms with Crippen molar-refractivity contribution in [3.63, 3.8) is 0 Å². The van der Waals surface area contributed by atoms with Crippen LogP contribution in [0.3, 0.4) is 0 Å². The fourth-order valence-corrected chi connectivity index (χ4v) is 2.21. The van der Waals surface area contributed by atoms with Gasteiger partial charge in [0.2, 0.25) is 5.89 Å². The number of oxazole rings is 1. The molecule has 4 aromatic rings. The van der Waals surface area contributed by atoms with Crippen molar-refractivity contribution < 1.29 is 9.52 Å². The molecule has 4 heteroatoms. The summed E-state index contributed by atoms with van der Waals surface area (Å²) >= 11 is 0. The zero-order valence-electron chi connectivity index (χ0n) is 10.4. The second kappa shape index (κ2) is 4.06. The molecule has 0 fully saturated rings. The molecule has 0 atom stereocenters. The molecular formula is C16H10N2O2. The largest absolute Gasteiger partial charge is 0.508 e. The standard InChI is InChI=1S/C16H10N2O2/c19-11-6-8-13-15(9-11)20-16(18-13)14-7-5-10-3-1-2-4-12(10)17-14/h1-9,19H. The van der Waals surface area contributed by atoms with E-state index in [2.05, 4.69) is 9.97 Å². The van der Waals surface area contributed by atoms with Gasteiger partial charge in [0.1, 0.15) is 17.0 Å². The number of aromatic nitrogens is 2. The SMILES string of the molecule is Oc1ccc2nc(-c3ccc4ccccc4n3)oc2c1. The molecule has 1 N–H and O–H groups in total. The molecule has 4 rings (SSSR count). The van der Waals surface area contributed by atoms with E-state index < -0.39 is 0 Å².